The lowest BCUT2D eigenvalue weighted by molar-refractivity contribution is -0.379. The van der Waals surface area contributed by atoms with Crippen LogP contribution in [0.3, 0.4) is 0 Å². The fourth-order valence-corrected chi connectivity index (χ4v) is 9.86. The average Bonchev–Trinajstić information content (AvgIpc) is 3.39. The van der Waals surface area contributed by atoms with Crippen LogP contribution in [0.4, 0.5) is 0 Å². The Bertz CT molecular complexity index is 1400. The summed E-state index contributed by atoms with van der Waals surface area (Å²) in [5.74, 6) is -0.362. The van der Waals surface area contributed by atoms with Gasteiger partial charge in [0.25, 0.3) is 0 Å². The van der Waals surface area contributed by atoms with Gasteiger partial charge in [-0.05, 0) is 12.8 Å². The van der Waals surface area contributed by atoms with Crippen molar-refractivity contribution in [3.63, 3.8) is 0 Å². The van der Waals surface area contributed by atoms with Crippen LogP contribution in [0.5, 0.6) is 0 Å². The average molecular weight is 1050 g/mol. The maximum absolute atomic E-state index is 12.4. The Hall–Kier alpha value is -1.47. The van der Waals surface area contributed by atoms with Gasteiger partial charge in [-0.15, -0.1) is 0 Å². The van der Waals surface area contributed by atoms with E-state index in [1.165, 1.54) is 148 Å². The maximum Gasteiger partial charge on any atom is 0.220 e. The number of allylic oxidation sites excluding steroid dienone is 1. The van der Waals surface area contributed by atoms with Crippen molar-refractivity contribution in [2.24, 2.45) is 0 Å². The van der Waals surface area contributed by atoms with Crippen molar-refractivity contribution in [1.29, 1.82) is 0 Å². The maximum atomic E-state index is 12.4. The molecular weight excluding hydrogens is 951 g/mol. The molecule has 0 aromatic carbocycles. The summed E-state index contributed by atoms with van der Waals surface area (Å²) in [5.41, 5.74) is 0. The highest BCUT2D eigenvalue weighted by molar-refractivity contribution is 5.75. The molecule has 17 atom stereocenters. The number of unbranched alkanes of at least 4 members (excludes halogenated alkanes) is 26. The zero-order valence-electron chi connectivity index (χ0n) is 44.4. The first kappa shape index (κ1) is 65.8. The highest BCUT2D eigenvalue weighted by Gasteiger charge is 2.53. The summed E-state index contributed by atoms with van der Waals surface area (Å²) in [6.07, 6.45) is 12.3. The van der Waals surface area contributed by atoms with E-state index in [4.69, 9.17) is 28.4 Å². The second-order valence-corrected chi connectivity index (χ2v) is 20.7. The molecule has 0 aromatic rings. The number of aliphatic hydroxyl groups is 11. The summed E-state index contributed by atoms with van der Waals surface area (Å²) in [6, 6.07) is -0.965. The number of hydrogen-bond donors (Lipinski definition) is 12. The van der Waals surface area contributed by atoms with Crippen LogP contribution in [0.1, 0.15) is 194 Å². The van der Waals surface area contributed by atoms with Gasteiger partial charge in [0.1, 0.15) is 73.2 Å². The Morgan fingerprint density at radius 2 is 0.836 bits per heavy atom. The third-order valence-corrected chi connectivity index (χ3v) is 14.6. The van der Waals surface area contributed by atoms with Gasteiger partial charge >= 0.3 is 0 Å². The summed E-state index contributed by atoms with van der Waals surface area (Å²) in [4.78, 5) is 12.4. The van der Waals surface area contributed by atoms with Crippen molar-refractivity contribution in [3.8, 4) is 0 Å². The van der Waals surface area contributed by atoms with Crippen molar-refractivity contribution in [2.45, 2.75) is 298 Å². The molecule has 3 heterocycles. The molecule has 3 saturated heterocycles. The van der Waals surface area contributed by atoms with Gasteiger partial charge in [-0.3, -0.25) is 4.79 Å². The lowest BCUT2D eigenvalue weighted by Crippen LogP contribution is -2.66. The Balaban J connectivity index is 1.29. The van der Waals surface area contributed by atoms with Crippen LogP contribution < -0.4 is 5.32 Å². The van der Waals surface area contributed by atoms with E-state index in [1.54, 1.807) is 13.0 Å². The number of aliphatic hydroxyl groups excluding tert-OH is 11. The molecule has 3 rings (SSSR count). The van der Waals surface area contributed by atoms with E-state index in [0.717, 1.165) is 25.7 Å². The summed E-state index contributed by atoms with van der Waals surface area (Å²) in [5, 5.41) is 118. The van der Waals surface area contributed by atoms with Crippen LogP contribution in [0.25, 0.3) is 0 Å². The Kier molecular flexibility index (Phi) is 35.1. The van der Waals surface area contributed by atoms with Gasteiger partial charge in [0.05, 0.1) is 38.6 Å². The lowest BCUT2D eigenvalue weighted by Gasteiger charge is -2.48. The van der Waals surface area contributed by atoms with Gasteiger partial charge in [0.2, 0.25) is 5.91 Å². The van der Waals surface area contributed by atoms with E-state index in [9.17, 15) is 61.0 Å². The van der Waals surface area contributed by atoms with Crippen LogP contribution in [-0.4, -0.2) is 193 Å². The summed E-state index contributed by atoms with van der Waals surface area (Å²) in [6.45, 7) is 1.15. The normalized spacial score (nSPS) is 31.8. The fourth-order valence-electron chi connectivity index (χ4n) is 9.86. The van der Waals surface area contributed by atoms with Crippen molar-refractivity contribution in [2.75, 3.05) is 26.4 Å². The summed E-state index contributed by atoms with van der Waals surface area (Å²) < 4.78 is 33.8. The van der Waals surface area contributed by atoms with Gasteiger partial charge in [0, 0.05) is 6.42 Å². The smallest absolute Gasteiger partial charge is 0.220 e. The molecule has 73 heavy (non-hydrogen) atoms. The molecule has 19 nitrogen and oxygen atoms in total. The van der Waals surface area contributed by atoms with Crippen molar-refractivity contribution in [1.82, 2.24) is 5.32 Å². The standard InChI is InChI=1S/C54H101NO18/c1-3-5-6-7-8-9-10-11-12-13-14-15-16-17-18-19-20-21-22-23-24-25-26-27-28-29-30-31-32-38(59)37(55-42(60)4-2)36-68-52-48(66)45(63)50(40(34-57)70-52)73-54-49(67)46(64)51(41(35-58)71-54)72-53-47(65)44(62)43(61)39(33-56)69-53/h31-32,37-41,43-54,56-59,61-67H,3-30,33-36H2,1-2H3,(H,55,60)/b32-31+. The molecule has 3 aliphatic rings. The molecule has 3 fully saturated rings. The molecule has 0 saturated carbocycles. The number of ether oxygens (including phenoxy) is 6. The molecule has 17 unspecified atom stereocenters. The van der Waals surface area contributed by atoms with E-state index in [-0.39, 0.29) is 18.9 Å². The number of carbonyl (C=O) groups excluding carboxylic acids is 1. The summed E-state index contributed by atoms with van der Waals surface area (Å²) >= 11 is 0. The topological polar surface area (TPSA) is 307 Å². The van der Waals surface area contributed by atoms with Crippen LogP contribution in [-0.2, 0) is 33.2 Å². The van der Waals surface area contributed by atoms with Crippen LogP contribution in [0.15, 0.2) is 12.2 Å². The number of rotatable bonds is 41. The Morgan fingerprint density at radius 3 is 1.23 bits per heavy atom. The van der Waals surface area contributed by atoms with Crippen LogP contribution >= 0.6 is 0 Å². The zero-order chi connectivity index (χ0) is 53.4. The number of nitrogens with one attached hydrogen (secondary N) is 1. The first-order valence-electron chi connectivity index (χ1n) is 28.4. The van der Waals surface area contributed by atoms with E-state index in [0.29, 0.717) is 0 Å². The number of carbonyl (C=O) groups is 1. The molecule has 0 spiro atoms. The minimum atomic E-state index is -1.97. The molecule has 19 heteroatoms. The molecule has 0 aromatic heterocycles. The highest BCUT2D eigenvalue weighted by Crippen LogP contribution is 2.33. The first-order valence-corrected chi connectivity index (χ1v) is 28.4. The SMILES string of the molecule is CCCCCCCCCCCCCCCCCCCCCCCCCCCC/C=C/C(O)C(COC1OC(CO)C(OC2OC(CO)C(OC3OC(CO)C(O)C(O)C3O)C(O)C2O)C(O)C1O)NC(=O)CC. The minimum Gasteiger partial charge on any atom is -0.394 e. The highest BCUT2D eigenvalue weighted by atomic mass is 16.8. The van der Waals surface area contributed by atoms with Crippen molar-refractivity contribution >= 4 is 5.91 Å². The molecule has 0 aliphatic carbocycles. The third-order valence-electron chi connectivity index (χ3n) is 14.6. The third kappa shape index (κ3) is 24.0. The van der Waals surface area contributed by atoms with E-state index >= 15 is 0 Å². The van der Waals surface area contributed by atoms with Gasteiger partial charge in [-0.1, -0.05) is 187 Å². The monoisotopic (exact) mass is 1050 g/mol. The molecule has 430 valence electrons. The van der Waals surface area contributed by atoms with E-state index in [1.807, 2.05) is 6.08 Å². The Morgan fingerprint density at radius 1 is 0.479 bits per heavy atom. The largest absolute Gasteiger partial charge is 0.394 e. The van der Waals surface area contributed by atoms with Crippen molar-refractivity contribution < 1.29 is 89.4 Å². The molecule has 0 radical (unpaired) electrons. The number of amides is 1. The van der Waals surface area contributed by atoms with Crippen molar-refractivity contribution in [3.05, 3.63) is 12.2 Å². The van der Waals surface area contributed by atoms with Gasteiger partial charge in [-0.25, -0.2) is 0 Å². The zero-order valence-corrected chi connectivity index (χ0v) is 44.4. The quantitative estimate of drug-likeness (QED) is 0.0306. The molecular formula is C54H101NO18. The minimum absolute atomic E-state index is 0.126. The van der Waals surface area contributed by atoms with Crippen LogP contribution in [0, 0.1) is 0 Å². The van der Waals surface area contributed by atoms with Gasteiger partial charge in [0.15, 0.2) is 18.9 Å². The second-order valence-electron chi connectivity index (χ2n) is 20.7. The predicted molar refractivity (Wildman–Crippen MR) is 273 cm³/mol. The fraction of sp³-hybridized carbons (Fsp3) is 0.944. The van der Waals surface area contributed by atoms with Crippen LogP contribution in [0.2, 0.25) is 0 Å². The molecule has 12 N–H and O–H groups in total. The Labute approximate surface area is 436 Å². The predicted octanol–water partition coefficient (Wildman–Crippen LogP) is 3.82. The van der Waals surface area contributed by atoms with E-state index < -0.39 is 124 Å². The lowest BCUT2D eigenvalue weighted by atomic mass is 9.96. The van der Waals surface area contributed by atoms with E-state index in [2.05, 4.69) is 12.2 Å². The first-order chi connectivity index (χ1) is 35.3. The van der Waals surface area contributed by atoms with Gasteiger partial charge < -0.3 is 89.9 Å². The molecule has 1 amide bonds. The summed E-state index contributed by atoms with van der Waals surface area (Å²) in [7, 11) is 0. The van der Waals surface area contributed by atoms with Gasteiger partial charge in [-0.2, -0.15) is 0 Å². The molecule has 0 bridgehead atoms. The molecule has 3 aliphatic heterocycles. The second kappa shape index (κ2) is 39.0. The number of hydrogen-bond acceptors (Lipinski definition) is 18.